The van der Waals surface area contributed by atoms with E-state index < -0.39 is 0 Å². The molecule has 3 rings (SSSR count). The number of halogens is 2. The van der Waals surface area contributed by atoms with Gasteiger partial charge in [-0.1, -0.05) is 6.07 Å². The number of nitrogens with zero attached hydrogens (tertiary/aromatic N) is 3. The molecule has 1 aliphatic heterocycles. The normalized spacial score (nSPS) is 17.9. The molecule has 1 atom stereocenters. The average Bonchev–Trinajstić information content (AvgIpc) is 3.17. The molecule has 22 heavy (non-hydrogen) atoms. The number of likely N-dealkylation sites (tertiary alicyclic amines) is 1. The topological polar surface area (TPSA) is 55.2 Å². The highest BCUT2D eigenvalue weighted by molar-refractivity contribution is 9.13. The molecule has 2 aromatic rings. The van der Waals surface area contributed by atoms with Crippen LogP contribution in [0.4, 0.5) is 0 Å². The summed E-state index contributed by atoms with van der Waals surface area (Å²) < 4.78 is 2.16. The Bertz CT molecular complexity index is 745. The minimum absolute atomic E-state index is 0.0351. The number of carbonyl (C=O) groups is 1. The zero-order chi connectivity index (χ0) is 15.7. The number of hydrogen-bond donors (Lipinski definition) is 0. The quantitative estimate of drug-likeness (QED) is 0.727. The van der Waals surface area contributed by atoms with E-state index >= 15 is 0 Å². The van der Waals surface area contributed by atoms with Crippen LogP contribution in [0.2, 0.25) is 0 Å². The van der Waals surface area contributed by atoms with Gasteiger partial charge in [0.25, 0.3) is 5.56 Å². The minimum atomic E-state index is -0.311. The van der Waals surface area contributed by atoms with Crippen molar-refractivity contribution < 1.29 is 4.79 Å². The third kappa shape index (κ3) is 3.04. The van der Waals surface area contributed by atoms with Crippen molar-refractivity contribution >= 4 is 49.1 Å². The second-order valence-corrected chi connectivity index (χ2v) is 7.66. The van der Waals surface area contributed by atoms with E-state index in [9.17, 15) is 9.59 Å². The van der Waals surface area contributed by atoms with Crippen molar-refractivity contribution in [2.24, 2.45) is 0 Å². The Hall–Kier alpha value is -0.990. The molecule has 0 aliphatic carbocycles. The average molecular weight is 447 g/mol. The molecule has 1 fully saturated rings. The van der Waals surface area contributed by atoms with Crippen molar-refractivity contribution in [2.75, 3.05) is 6.54 Å². The molecule has 0 bridgehead atoms. The van der Waals surface area contributed by atoms with Crippen molar-refractivity contribution in [2.45, 2.75) is 25.4 Å². The van der Waals surface area contributed by atoms with Crippen LogP contribution in [0.3, 0.4) is 0 Å². The first kappa shape index (κ1) is 15.9. The number of hydrogen-bond acceptors (Lipinski definition) is 4. The maximum Gasteiger partial charge on any atom is 0.282 e. The number of carbonyl (C=O) groups excluding carboxylic acids is 1. The van der Waals surface area contributed by atoms with Gasteiger partial charge in [0.15, 0.2) is 0 Å². The molecule has 1 amide bonds. The summed E-state index contributed by atoms with van der Waals surface area (Å²) in [6.07, 6.45) is 3.47. The largest absolute Gasteiger partial charge is 0.333 e. The van der Waals surface area contributed by atoms with Crippen LogP contribution >= 0.6 is 43.2 Å². The molecule has 0 aromatic carbocycles. The Balaban J connectivity index is 1.80. The lowest BCUT2D eigenvalue weighted by molar-refractivity contribution is -0.133. The Morgan fingerprint density at radius 2 is 2.27 bits per heavy atom. The van der Waals surface area contributed by atoms with Crippen LogP contribution in [0.25, 0.3) is 0 Å². The van der Waals surface area contributed by atoms with Crippen LogP contribution in [0.1, 0.15) is 23.8 Å². The molecule has 0 radical (unpaired) electrons. The monoisotopic (exact) mass is 445 g/mol. The molecule has 5 nitrogen and oxygen atoms in total. The van der Waals surface area contributed by atoms with Crippen molar-refractivity contribution in [3.8, 4) is 0 Å². The summed E-state index contributed by atoms with van der Waals surface area (Å²) in [5.74, 6) is -0.0697. The van der Waals surface area contributed by atoms with E-state index in [4.69, 9.17) is 0 Å². The first-order valence-corrected chi connectivity index (χ1v) is 9.28. The maximum atomic E-state index is 12.6. The number of amides is 1. The van der Waals surface area contributed by atoms with Gasteiger partial charge in [-0.05, 0) is 56.1 Å². The molecule has 1 saturated heterocycles. The Morgan fingerprint density at radius 3 is 3.00 bits per heavy atom. The van der Waals surface area contributed by atoms with E-state index in [0.717, 1.165) is 19.4 Å². The Morgan fingerprint density at radius 1 is 1.45 bits per heavy atom. The van der Waals surface area contributed by atoms with Crippen LogP contribution < -0.4 is 5.56 Å². The van der Waals surface area contributed by atoms with Gasteiger partial charge in [0, 0.05) is 11.4 Å². The van der Waals surface area contributed by atoms with Gasteiger partial charge in [0.1, 0.15) is 11.0 Å². The number of aromatic nitrogens is 2. The van der Waals surface area contributed by atoms with Gasteiger partial charge in [-0.3, -0.25) is 9.59 Å². The fraction of sp³-hybridized carbons (Fsp3) is 0.357. The first-order chi connectivity index (χ1) is 10.6. The first-order valence-electron chi connectivity index (χ1n) is 6.82. The lowest BCUT2D eigenvalue weighted by atomic mass is 10.2. The van der Waals surface area contributed by atoms with Gasteiger partial charge >= 0.3 is 0 Å². The molecule has 0 saturated carbocycles. The van der Waals surface area contributed by atoms with Crippen molar-refractivity contribution in [3.63, 3.8) is 0 Å². The highest BCUT2D eigenvalue weighted by Crippen LogP contribution is 2.34. The molecule has 0 N–H and O–H groups in total. The summed E-state index contributed by atoms with van der Waals surface area (Å²) in [5, 5.41) is 6.04. The molecule has 0 spiro atoms. The van der Waals surface area contributed by atoms with E-state index in [0.29, 0.717) is 8.95 Å². The molecule has 1 unspecified atom stereocenters. The summed E-state index contributed by atoms with van der Waals surface area (Å²) in [4.78, 5) is 27.7. The second kappa shape index (κ2) is 6.64. The van der Waals surface area contributed by atoms with E-state index in [1.807, 2.05) is 16.3 Å². The lowest BCUT2D eigenvalue weighted by Crippen LogP contribution is -2.37. The molecular weight excluding hydrogens is 434 g/mol. The third-order valence-corrected chi connectivity index (χ3v) is 6.55. The smallest absolute Gasteiger partial charge is 0.282 e. The fourth-order valence-corrected chi connectivity index (χ4v) is 4.06. The summed E-state index contributed by atoms with van der Waals surface area (Å²) in [7, 11) is 0. The fourth-order valence-electron chi connectivity index (χ4n) is 2.62. The van der Waals surface area contributed by atoms with Crippen LogP contribution in [0.5, 0.6) is 0 Å². The molecule has 116 valence electrons. The predicted molar refractivity (Wildman–Crippen MR) is 91.9 cm³/mol. The van der Waals surface area contributed by atoms with Crippen LogP contribution in [-0.4, -0.2) is 27.1 Å². The summed E-state index contributed by atoms with van der Waals surface area (Å²) in [6, 6.07) is 4.18. The van der Waals surface area contributed by atoms with Gasteiger partial charge in [-0.15, -0.1) is 11.3 Å². The van der Waals surface area contributed by atoms with E-state index in [2.05, 4.69) is 43.0 Å². The SMILES string of the molecule is O=C(Cn1ncc(Br)c(Br)c1=O)N1CCCC1c1cccs1. The molecule has 8 heteroatoms. The second-order valence-electron chi connectivity index (χ2n) is 5.03. The molecule has 2 aromatic heterocycles. The highest BCUT2D eigenvalue weighted by Gasteiger charge is 2.30. The summed E-state index contributed by atoms with van der Waals surface area (Å²) >= 11 is 8.10. The van der Waals surface area contributed by atoms with E-state index in [-0.39, 0.29) is 24.1 Å². The zero-order valence-electron chi connectivity index (χ0n) is 11.5. The molecule has 1 aliphatic rings. The van der Waals surface area contributed by atoms with Gasteiger partial charge in [-0.2, -0.15) is 5.10 Å². The Kier molecular flexibility index (Phi) is 4.79. The highest BCUT2D eigenvalue weighted by atomic mass is 79.9. The van der Waals surface area contributed by atoms with Crippen LogP contribution in [0, 0.1) is 0 Å². The van der Waals surface area contributed by atoms with E-state index in [1.54, 1.807) is 11.3 Å². The predicted octanol–water partition coefficient (Wildman–Crippen LogP) is 3.19. The van der Waals surface area contributed by atoms with E-state index in [1.165, 1.54) is 15.8 Å². The lowest BCUT2D eigenvalue weighted by Gasteiger charge is -2.24. The van der Waals surface area contributed by atoms with Gasteiger partial charge in [0.2, 0.25) is 5.91 Å². The van der Waals surface area contributed by atoms with Crippen LogP contribution in [0.15, 0.2) is 37.4 Å². The Labute approximate surface area is 148 Å². The summed E-state index contributed by atoms with van der Waals surface area (Å²) in [6.45, 7) is 0.695. The summed E-state index contributed by atoms with van der Waals surface area (Å²) in [5.41, 5.74) is -0.311. The van der Waals surface area contributed by atoms with Crippen molar-refractivity contribution in [3.05, 3.63) is 47.9 Å². The minimum Gasteiger partial charge on any atom is -0.333 e. The number of rotatable bonds is 3. The zero-order valence-corrected chi connectivity index (χ0v) is 15.5. The van der Waals surface area contributed by atoms with Crippen molar-refractivity contribution in [1.82, 2.24) is 14.7 Å². The standard InChI is InChI=1S/C14H13Br2N3O2S/c15-9-7-17-19(14(21)13(9)16)8-12(20)18-5-1-3-10(18)11-4-2-6-22-11/h2,4,6-7,10H,1,3,5,8H2. The van der Waals surface area contributed by atoms with Gasteiger partial charge in [0.05, 0.1) is 16.7 Å². The maximum absolute atomic E-state index is 12.6. The molecule has 3 heterocycles. The molecular formula is C14H13Br2N3O2S. The van der Waals surface area contributed by atoms with Crippen LogP contribution in [-0.2, 0) is 11.3 Å². The van der Waals surface area contributed by atoms with Gasteiger partial charge < -0.3 is 4.90 Å². The third-order valence-electron chi connectivity index (χ3n) is 3.67. The van der Waals surface area contributed by atoms with Crippen molar-refractivity contribution in [1.29, 1.82) is 0 Å². The van der Waals surface area contributed by atoms with Gasteiger partial charge in [-0.25, -0.2) is 4.68 Å². The number of thiophene rings is 1.